The van der Waals surface area contributed by atoms with Gasteiger partial charge in [0.1, 0.15) is 6.10 Å². The Morgan fingerprint density at radius 2 is 1.31 bits per heavy atom. The van der Waals surface area contributed by atoms with Crippen molar-refractivity contribution in [1.82, 2.24) is 0 Å². The number of halogens is 1. The molecule has 1 atom stereocenters. The fraction of sp³-hybridized carbons (Fsp3) is 0.957. The van der Waals surface area contributed by atoms with Crippen LogP contribution in [-0.4, -0.2) is 17.4 Å². The first-order valence-electron chi connectivity index (χ1n) is 11.4. The summed E-state index contributed by atoms with van der Waals surface area (Å²) in [4.78, 5) is 12.1. The molecule has 0 saturated heterocycles. The third kappa shape index (κ3) is 18.7. The second-order valence-corrected chi connectivity index (χ2v) is 8.99. The molecular weight excluding hydrogens is 388 g/mol. The zero-order chi connectivity index (χ0) is 19.5. The van der Waals surface area contributed by atoms with Crippen molar-refractivity contribution < 1.29 is 9.53 Å². The van der Waals surface area contributed by atoms with Crippen LogP contribution < -0.4 is 0 Å². The van der Waals surface area contributed by atoms with Gasteiger partial charge < -0.3 is 4.74 Å². The lowest BCUT2D eigenvalue weighted by atomic mass is 10.0. The van der Waals surface area contributed by atoms with Crippen molar-refractivity contribution >= 4 is 21.9 Å². The molecule has 0 radical (unpaired) electrons. The summed E-state index contributed by atoms with van der Waals surface area (Å²) < 4.78 is 5.84. The zero-order valence-corrected chi connectivity index (χ0v) is 19.5. The van der Waals surface area contributed by atoms with Crippen LogP contribution in [0.4, 0.5) is 0 Å². The van der Waals surface area contributed by atoms with Crippen molar-refractivity contribution in [2.75, 3.05) is 5.33 Å². The van der Waals surface area contributed by atoms with Gasteiger partial charge in [0, 0.05) is 11.8 Å². The summed E-state index contributed by atoms with van der Waals surface area (Å²) in [6.45, 7) is 6.84. The van der Waals surface area contributed by atoms with E-state index >= 15 is 0 Å². The Balaban J connectivity index is 4.03. The van der Waals surface area contributed by atoms with Gasteiger partial charge in [-0.15, -0.1) is 0 Å². The van der Waals surface area contributed by atoms with Crippen LogP contribution in [0.2, 0.25) is 0 Å². The molecule has 3 heteroatoms. The Labute approximate surface area is 172 Å². The van der Waals surface area contributed by atoms with Gasteiger partial charge in [-0.25, -0.2) is 0 Å². The first kappa shape index (κ1) is 26.0. The predicted octanol–water partition coefficient (Wildman–Crippen LogP) is 8.21. The Hall–Kier alpha value is -0.0500. The summed E-state index contributed by atoms with van der Waals surface area (Å²) >= 11 is 3.44. The molecule has 0 aliphatic heterocycles. The van der Waals surface area contributed by atoms with Gasteiger partial charge in [0.15, 0.2) is 0 Å². The Morgan fingerprint density at radius 3 is 1.92 bits per heavy atom. The number of hydrogen-bond acceptors (Lipinski definition) is 2. The first-order chi connectivity index (χ1) is 12.6. The molecule has 0 N–H and O–H groups in total. The smallest absolute Gasteiger partial charge is 0.306 e. The van der Waals surface area contributed by atoms with E-state index in [4.69, 9.17) is 4.74 Å². The summed E-state index contributed by atoms with van der Waals surface area (Å²) in [6.07, 6.45) is 19.0. The minimum Gasteiger partial charge on any atom is -0.462 e. The van der Waals surface area contributed by atoms with Gasteiger partial charge >= 0.3 is 5.97 Å². The number of unbranched alkanes of at least 4 members (excludes halogenated alkanes) is 9. The van der Waals surface area contributed by atoms with E-state index < -0.39 is 0 Å². The Morgan fingerprint density at radius 1 is 0.769 bits per heavy atom. The van der Waals surface area contributed by atoms with Crippen molar-refractivity contribution in [2.45, 2.75) is 130 Å². The largest absolute Gasteiger partial charge is 0.462 e. The van der Waals surface area contributed by atoms with E-state index in [1.165, 1.54) is 64.2 Å². The number of carbonyl (C=O) groups is 1. The van der Waals surface area contributed by atoms with Gasteiger partial charge in [0.05, 0.1) is 0 Å². The highest BCUT2D eigenvalue weighted by atomic mass is 79.9. The van der Waals surface area contributed by atoms with Crippen molar-refractivity contribution in [3.8, 4) is 0 Å². The maximum absolute atomic E-state index is 12.1. The third-order valence-corrected chi connectivity index (χ3v) is 5.56. The highest BCUT2D eigenvalue weighted by molar-refractivity contribution is 9.09. The van der Waals surface area contributed by atoms with Crippen molar-refractivity contribution in [2.24, 2.45) is 5.92 Å². The minimum absolute atomic E-state index is 0.0257. The summed E-state index contributed by atoms with van der Waals surface area (Å²) in [5.41, 5.74) is 0. The van der Waals surface area contributed by atoms with Gasteiger partial charge in [-0.1, -0.05) is 94.5 Å². The van der Waals surface area contributed by atoms with E-state index in [2.05, 4.69) is 36.7 Å². The number of carbonyl (C=O) groups excluding carboxylic acids is 1. The summed E-state index contributed by atoms with van der Waals surface area (Å²) in [5.74, 6) is 0.823. The normalized spacial score (nSPS) is 12.5. The van der Waals surface area contributed by atoms with Crippen LogP contribution in [0.3, 0.4) is 0 Å². The Kier molecular flexibility index (Phi) is 19.7. The molecule has 1 unspecified atom stereocenters. The molecule has 0 heterocycles. The molecular formula is C23H45BrO2. The van der Waals surface area contributed by atoms with E-state index in [1.54, 1.807) is 0 Å². The van der Waals surface area contributed by atoms with E-state index in [1.807, 2.05) is 0 Å². The average molecular weight is 434 g/mol. The van der Waals surface area contributed by atoms with Gasteiger partial charge in [0.2, 0.25) is 0 Å². The number of ether oxygens (including phenoxy) is 1. The highest BCUT2D eigenvalue weighted by Gasteiger charge is 2.14. The maximum Gasteiger partial charge on any atom is 0.306 e. The quantitative estimate of drug-likeness (QED) is 0.117. The third-order valence-electron chi connectivity index (χ3n) is 5.00. The monoisotopic (exact) mass is 432 g/mol. The standard InChI is InChI=1S/C23H45BrO2/c1-4-5-6-7-8-12-17-22(18-13-9-11-16-21(2)3)26-23(25)19-14-10-15-20-24/h21-22H,4-20H2,1-3H3. The maximum atomic E-state index is 12.1. The fourth-order valence-corrected chi connectivity index (χ4v) is 3.70. The number of alkyl halides is 1. The first-order valence-corrected chi connectivity index (χ1v) is 12.5. The predicted molar refractivity (Wildman–Crippen MR) is 118 cm³/mol. The van der Waals surface area contributed by atoms with Gasteiger partial charge in [-0.05, 0) is 44.4 Å². The molecule has 0 bridgehead atoms. The van der Waals surface area contributed by atoms with Crippen LogP contribution in [0.1, 0.15) is 124 Å². The lowest BCUT2D eigenvalue weighted by Gasteiger charge is -2.18. The van der Waals surface area contributed by atoms with Gasteiger partial charge in [0.25, 0.3) is 0 Å². The molecule has 0 amide bonds. The lowest BCUT2D eigenvalue weighted by molar-refractivity contribution is -0.150. The number of esters is 1. The molecule has 0 saturated carbocycles. The molecule has 0 aliphatic carbocycles. The molecule has 2 nitrogen and oxygen atoms in total. The van der Waals surface area contributed by atoms with E-state index in [0.717, 1.165) is 43.4 Å². The molecule has 156 valence electrons. The van der Waals surface area contributed by atoms with Crippen LogP contribution in [0, 0.1) is 5.92 Å². The lowest BCUT2D eigenvalue weighted by Crippen LogP contribution is -2.18. The fourth-order valence-electron chi connectivity index (χ4n) is 3.30. The van der Waals surface area contributed by atoms with Gasteiger partial charge in [-0.3, -0.25) is 4.79 Å². The van der Waals surface area contributed by atoms with Crippen molar-refractivity contribution in [3.05, 3.63) is 0 Å². The average Bonchev–Trinajstić information content (AvgIpc) is 2.60. The SMILES string of the molecule is CCCCCCCCC(CCCCCC(C)C)OC(=O)CCCCCBr. The van der Waals surface area contributed by atoms with Crippen LogP contribution in [0.15, 0.2) is 0 Å². The van der Waals surface area contributed by atoms with E-state index in [0.29, 0.717) is 6.42 Å². The van der Waals surface area contributed by atoms with Crippen LogP contribution in [0.25, 0.3) is 0 Å². The molecule has 0 aromatic heterocycles. The Bertz CT molecular complexity index is 305. The number of hydrogen-bond donors (Lipinski definition) is 0. The van der Waals surface area contributed by atoms with Crippen molar-refractivity contribution in [1.29, 1.82) is 0 Å². The second kappa shape index (κ2) is 19.7. The molecule has 0 aromatic rings. The zero-order valence-electron chi connectivity index (χ0n) is 17.9. The topological polar surface area (TPSA) is 26.3 Å². The molecule has 0 rings (SSSR count). The van der Waals surface area contributed by atoms with Gasteiger partial charge in [-0.2, -0.15) is 0 Å². The summed E-state index contributed by atoms with van der Waals surface area (Å²) in [5, 5.41) is 1.03. The molecule has 26 heavy (non-hydrogen) atoms. The van der Waals surface area contributed by atoms with Crippen LogP contribution in [0.5, 0.6) is 0 Å². The molecule has 0 spiro atoms. The van der Waals surface area contributed by atoms with Crippen LogP contribution >= 0.6 is 15.9 Å². The second-order valence-electron chi connectivity index (χ2n) is 8.20. The molecule has 0 fully saturated rings. The van der Waals surface area contributed by atoms with E-state index in [9.17, 15) is 4.79 Å². The minimum atomic E-state index is 0.0257. The summed E-state index contributed by atoms with van der Waals surface area (Å²) in [7, 11) is 0. The summed E-state index contributed by atoms with van der Waals surface area (Å²) in [6, 6.07) is 0. The highest BCUT2D eigenvalue weighted by Crippen LogP contribution is 2.18. The van der Waals surface area contributed by atoms with Crippen molar-refractivity contribution in [3.63, 3.8) is 0 Å². The molecule has 0 aromatic carbocycles. The van der Waals surface area contributed by atoms with E-state index in [-0.39, 0.29) is 12.1 Å². The van der Waals surface area contributed by atoms with Crippen LogP contribution in [-0.2, 0) is 9.53 Å². The molecule has 0 aliphatic rings. The number of rotatable bonds is 19.